The van der Waals surface area contributed by atoms with Crippen molar-refractivity contribution in [1.82, 2.24) is 14.1 Å². The van der Waals surface area contributed by atoms with Crippen LogP contribution >= 0.6 is 0 Å². The Labute approximate surface area is 128 Å². The molecule has 0 fully saturated rings. The molecule has 0 aliphatic heterocycles. The van der Waals surface area contributed by atoms with Crippen molar-refractivity contribution in [2.24, 2.45) is 14.1 Å². The van der Waals surface area contributed by atoms with Crippen LogP contribution in [0.3, 0.4) is 0 Å². The maximum Gasteiger partial charge on any atom is 0.332 e. The van der Waals surface area contributed by atoms with Crippen LogP contribution in [-0.4, -0.2) is 14.1 Å². The lowest BCUT2D eigenvalue weighted by Gasteiger charge is -2.12. The summed E-state index contributed by atoms with van der Waals surface area (Å²) in [5.74, 6) is -1.50. The van der Waals surface area contributed by atoms with Crippen molar-refractivity contribution >= 4 is 22.4 Å². The van der Waals surface area contributed by atoms with Gasteiger partial charge in [-0.1, -0.05) is 0 Å². The van der Waals surface area contributed by atoms with Gasteiger partial charge in [0.1, 0.15) is 17.0 Å². The van der Waals surface area contributed by atoms with E-state index in [0.29, 0.717) is 0 Å². The number of nitrogens with one attached hydrogen (secondary N) is 1. The highest BCUT2D eigenvalue weighted by Gasteiger charge is 2.14. The number of hydrogen-bond acceptors (Lipinski definition) is 4. The third-order valence-corrected chi connectivity index (χ3v) is 3.54. The number of fused-ring (bicyclic) bond motifs is 1. The van der Waals surface area contributed by atoms with Gasteiger partial charge in [-0.2, -0.15) is 0 Å². The third-order valence-electron chi connectivity index (χ3n) is 3.54. The molecular formula is C15H12F2N4O2. The molecule has 0 unspecified atom stereocenters. The van der Waals surface area contributed by atoms with Crippen LogP contribution in [0, 0.1) is 11.6 Å². The molecule has 6 nitrogen and oxygen atoms in total. The Hall–Kier alpha value is -3.03. The number of nitrogens with zero attached hydrogens (tertiary/aromatic N) is 3. The van der Waals surface area contributed by atoms with E-state index < -0.39 is 22.9 Å². The first-order valence-corrected chi connectivity index (χ1v) is 6.67. The number of benzene rings is 1. The molecule has 0 saturated heterocycles. The van der Waals surface area contributed by atoms with Crippen LogP contribution in [0.25, 0.3) is 11.0 Å². The van der Waals surface area contributed by atoms with E-state index in [9.17, 15) is 18.4 Å². The highest BCUT2D eigenvalue weighted by atomic mass is 19.1. The number of anilines is 2. The Morgan fingerprint density at radius 3 is 2.48 bits per heavy atom. The van der Waals surface area contributed by atoms with Crippen LogP contribution in [0.4, 0.5) is 20.2 Å². The lowest BCUT2D eigenvalue weighted by atomic mass is 10.2. The van der Waals surface area contributed by atoms with E-state index in [2.05, 4.69) is 10.3 Å². The van der Waals surface area contributed by atoms with E-state index >= 15 is 0 Å². The van der Waals surface area contributed by atoms with Gasteiger partial charge in [0.25, 0.3) is 5.56 Å². The van der Waals surface area contributed by atoms with Gasteiger partial charge < -0.3 is 5.32 Å². The molecule has 0 aliphatic carbocycles. The van der Waals surface area contributed by atoms with Crippen LogP contribution in [0.1, 0.15) is 0 Å². The second-order valence-electron chi connectivity index (χ2n) is 5.01. The van der Waals surface area contributed by atoms with Gasteiger partial charge in [-0.05, 0) is 18.2 Å². The van der Waals surface area contributed by atoms with Crippen molar-refractivity contribution in [3.05, 3.63) is 62.9 Å². The zero-order chi connectivity index (χ0) is 16.7. The lowest BCUT2D eigenvalue weighted by Crippen LogP contribution is -2.37. The summed E-state index contributed by atoms with van der Waals surface area (Å²) in [6.07, 6.45) is 1.39. The van der Waals surface area contributed by atoms with Crippen LogP contribution in [0.5, 0.6) is 0 Å². The van der Waals surface area contributed by atoms with Crippen LogP contribution in [-0.2, 0) is 14.1 Å². The Kier molecular flexibility index (Phi) is 3.44. The topological polar surface area (TPSA) is 68.9 Å². The predicted molar refractivity (Wildman–Crippen MR) is 81.9 cm³/mol. The zero-order valence-corrected chi connectivity index (χ0v) is 12.3. The number of aromatic nitrogens is 3. The second-order valence-corrected chi connectivity index (χ2v) is 5.01. The van der Waals surface area contributed by atoms with Gasteiger partial charge in [0.05, 0.1) is 11.4 Å². The number of rotatable bonds is 2. The number of halogens is 2. The smallest absolute Gasteiger partial charge is 0.332 e. The Morgan fingerprint density at radius 1 is 1.04 bits per heavy atom. The first-order chi connectivity index (χ1) is 10.9. The molecule has 0 amide bonds. The van der Waals surface area contributed by atoms with Gasteiger partial charge in [-0.3, -0.25) is 13.9 Å². The van der Waals surface area contributed by atoms with Gasteiger partial charge in [0.15, 0.2) is 5.65 Å². The maximum atomic E-state index is 13.8. The fourth-order valence-electron chi connectivity index (χ4n) is 2.33. The first kappa shape index (κ1) is 14.9. The molecule has 0 radical (unpaired) electrons. The van der Waals surface area contributed by atoms with E-state index in [1.54, 1.807) is 0 Å². The summed E-state index contributed by atoms with van der Waals surface area (Å²) in [5, 5.41) is 2.89. The van der Waals surface area contributed by atoms with E-state index in [0.717, 1.165) is 16.7 Å². The number of pyridine rings is 1. The number of hydrogen-bond donors (Lipinski definition) is 1. The number of aryl methyl sites for hydroxylation is 1. The molecule has 0 atom stereocenters. The maximum absolute atomic E-state index is 13.8. The van der Waals surface area contributed by atoms with Gasteiger partial charge in [-0.25, -0.2) is 18.6 Å². The molecule has 2 aromatic heterocycles. The van der Waals surface area contributed by atoms with E-state index in [1.807, 2.05) is 0 Å². The minimum Gasteiger partial charge on any atom is -0.352 e. The van der Waals surface area contributed by atoms with E-state index in [4.69, 9.17) is 0 Å². The fourth-order valence-corrected chi connectivity index (χ4v) is 2.33. The summed E-state index contributed by atoms with van der Waals surface area (Å²) < 4.78 is 29.0. The molecule has 1 N–H and O–H groups in total. The van der Waals surface area contributed by atoms with Crippen LogP contribution < -0.4 is 16.6 Å². The minimum atomic E-state index is -0.795. The van der Waals surface area contributed by atoms with Gasteiger partial charge in [0, 0.05) is 26.4 Å². The van der Waals surface area contributed by atoms with Gasteiger partial charge >= 0.3 is 5.69 Å². The summed E-state index contributed by atoms with van der Waals surface area (Å²) in [5.41, 5.74) is -0.613. The SMILES string of the molecule is Cn1c(=O)c2c(Nc3ccc(F)cc3F)ccnc2n(C)c1=O. The molecule has 8 heteroatoms. The minimum absolute atomic E-state index is 0.00908. The molecule has 0 spiro atoms. The fraction of sp³-hybridized carbons (Fsp3) is 0.133. The lowest BCUT2D eigenvalue weighted by molar-refractivity contribution is 0.586. The molecule has 23 heavy (non-hydrogen) atoms. The van der Waals surface area contributed by atoms with Crippen molar-refractivity contribution in [3.63, 3.8) is 0 Å². The van der Waals surface area contributed by atoms with Crippen molar-refractivity contribution in [1.29, 1.82) is 0 Å². The second kappa shape index (κ2) is 5.31. The standard InChI is InChI=1S/C15H12F2N4O2/c1-20-13-12(14(22)21(2)15(20)23)11(5-6-18-13)19-10-4-3-8(16)7-9(10)17/h3-7H,1-2H3,(H,18,19). The highest BCUT2D eigenvalue weighted by molar-refractivity contribution is 5.90. The third kappa shape index (κ3) is 2.37. The molecule has 0 bridgehead atoms. The highest BCUT2D eigenvalue weighted by Crippen LogP contribution is 2.24. The molecule has 0 saturated carbocycles. The quantitative estimate of drug-likeness (QED) is 0.780. The van der Waals surface area contributed by atoms with E-state index in [-0.39, 0.29) is 22.4 Å². The molecule has 118 valence electrons. The monoisotopic (exact) mass is 318 g/mol. The molecule has 3 aromatic rings. The largest absolute Gasteiger partial charge is 0.352 e. The Bertz CT molecular complexity index is 1040. The van der Waals surface area contributed by atoms with Gasteiger partial charge in [0.2, 0.25) is 0 Å². The molecule has 1 aromatic carbocycles. The Morgan fingerprint density at radius 2 is 1.78 bits per heavy atom. The molecule has 0 aliphatic rings. The summed E-state index contributed by atoms with van der Waals surface area (Å²) in [6, 6.07) is 4.54. The molecule has 3 rings (SSSR count). The summed E-state index contributed by atoms with van der Waals surface area (Å²) >= 11 is 0. The molecule has 2 heterocycles. The normalized spacial score (nSPS) is 11.0. The first-order valence-electron chi connectivity index (χ1n) is 6.67. The van der Waals surface area contributed by atoms with Crippen molar-refractivity contribution in [2.75, 3.05) is 5.32 Å². The van der Waals surface area contributed by atoms with E-state index in [1.165, 1.54) is 37.0 Å². The summed E-state index contributed by atoms with van der Waals surface area (Å²) in [7, 11) is 2.83. The average Bonchev–Trinajstić information content (AvgIpc) is 2.53. The van der Waals surface area contributed by atoms with Crippen molar-refractivity contribution in [2.45, 2.75) is 0 Å². The van der Waals surface area contributed by atoms with Crippen molar-refractivity contribution < 1.29 is 8.78 Å². The molecular weight excluding hydrogens is 306 g/mol. The zero-order valence-electron chi connectivity index (χ0n) is 12.3. The summed E-state index contributed by atoms with van der Waals surface area (Å²) in [6.45, 7) is 0. The Balaban J connectivity index is 2.27. The van der Waals surface area contributed by atoms with Crippen LogP contribution in [0.15, 0.2) is 40.1 Å². The van der Waals surface area contributed by atoms with Crippen molar-refractivity contribution in [3.8, 4) is 0 Å². The predicted octanol–water partition coefficient (Wildman–Crippen LogP) is 1.65. The average molecular weight is 318 g/mol. The van der Waals surface area contributed by atoms with Gasteiger partial charge in [-0.15, -0.1) is 0 Å². The summed E-state index contributed by atoms with van der Waals surface area (Å²) in [4.78, 5) is 28.3. The van der Waals surface area contributed by atoms with Crippen LogP contribution in [0.2, 0.25) is 0 Å².